The molecular weight excluding hydrogens is 454 g/mol. The van der Waals surface area contributed by atoms with E-state index in [2.05, 4.69) is 6.92 Å². The highest BCUT2D eigenvalue weighted by atomic mass is 32.2. The van der Waals surface area contributed by atoms with Gasteiger partial charge in [0.15, 0.2) is 0 Å². The molecule has 34 heavy (non-hydrogen) atoms. The molecule has 2 aliphatic carbocycles. The normalized spacial score (nSPS) is 40.1. The first-order chi connectivity index (χ1) is 15.9. The van der Waals surface area contributed by atoms with Gasteiger partial charge in [0.1, 0.15) is 0 Å². The SMILES string of the molecule is CCOC(=O)CC[C@@](C)(O)[C@H]1CC[C@]2(CN2S(=O)(=O)c2ccc(C)cc2)[C@H]2CC[C@@]3(C)O[C@H]3[C@@H]21. The van der Waals surface area contributed by atoms with Crippen LogP contribution in [-0.4, -0.2) is 59.8 Å². The van der Waals surface area contributed by atoms with Gasteiger partial charge in [-0.05, 0) is 89.7 Å². The molecular formula is C26H37NO6S. The molecule has 2 heterocycles. The van der Waals surface area contributed by atoms with Crippen LogP contribution in [-0.2, 0) is 24.3 Å². The monoisotopic (exact) mass is 491 g/mol. The van der Waals surface area contributed by atoms with E-state index in [1.54, 1.807) is 23.4 Å². The Morgan fingerprint density at radius 2 is 1.97 bits per heavy atom. The van der Waals surface area contributed by atoms with Crippen molar-refractivity contribution in [2.45, 2.75) is 94.0 Å². The molecule has 0 aromatic heterocycles. The minimum atomic E-state index is -3.57. The summed E-state index contributed by atoms with van der Waals surface area (Å²) in [5.41, 5.74) is -0.584. The van der Waals surface area contributed by atoms with Crippen molar-refractivity contribution in [2.24, 2.45) is 17.8 Å². The van der Waals surface area contributed by atoms with Gasteiger partial charge in [-0.3, -0.25) is 4.79 Å². The summed E-state index contributed by atoms with van der Waals surface area (Å²) < 4.78 is 40.0. The van der Waals surface area contributed by atoms with Crippen LogP contribution < -0.4 is 0 Å². The highest BCUT2D eigenvalue weighted by molar-refractivity contribution is 7.89. The number of rotatable bonds is 7. The molecule has 8 atom stereocenters. The van der Waals surface area contributed by atoms with Gasteiger partial charge in [-0.15, -0.1) is 0 Å². The molecule has 2 aliphatic heterocycles. The van der Waals surface area contributed by atoms with Gasteiger partial charge < -0.3 is 14.6 Å². The predicted octanol–water partition coefficient (Wildman–Crippen LogP) is 3.43. The largest absolute Gasteiger partial charge is 0.466 e. The van der Waals surface area contributed by atoms with E-state index >= 15 is 0 Å². The fraction of sp³-hybridized carbons (Fsp3) is 0.731. The third-order valence-electron chi connectivity index (χ3n) is 9.11. The number of sulfonamides is 1. The van der Waals surface area contributed by atoms with Gasteiger partial charge in [0.2, 0.25) is 10.0 Å². The number of ether oxygens (including phenoxy) is 2. The maximum Gasteiger partial charge on any atom is 0.305 e. The highest BCUT2D eigenvalue weighted by Gasteiger charge is 2.74. The summed E-state index contributed by atoms with van der Waals surface area (Å²) in [7, 11) is -3.57. The molecule has 1 spiro atoms. The molecule has 5 rings (SSSR count). The van der Waals surface area contributed by atoms with Crippen molar-refractivity contribution in [3.63, 3.8) is 0 Å². The summed E-state index contributed by atoms with van der Waals surface area (Å²) in [4.78, 5) is 12.3. The van der Waals surface area contributed by atoms with Gasteiger partial charge in [-0.2, -0.15) is 4.31 Å². The quantitative estimate of drug-likeness (QED) is 0.464. The van der Waals surface area contributed by atoms with E-state index in [1.165, 1.54) is 0 Å². The zero-order chi connectivity index (χ0) is 24.5. The van der Waals surface area contributed by atoms with Gasteiger partial charge in [0.05, 0.1) is 34.3 Å². The second kappa shape index (κ2) is 8.02. The zero-order valence-electron chi connectivity index (χ0n) is 20.6. The van der Waals surface area contributed by atoms with Crippen LogP contribution in [0.1, 0.15) is 64.9 Å². The first kappa shape index (κ1) is 24.2. The maximum atomic E-state index is 13.5. The van der Waals surface area contributed by atoms with Crippen LogP contribution >= 0.6 is 0 Å². The Labute approximate surface area is 202 Å². The van der Waals surface area contributed by atoms with Gasteiger partial charge in [0, 0.05) is 13.0 Å². The fourth-order valence-electron chi connectivity index (χ4n) is 7.07. The zero-order valence-corrected chi connectivity index (χ0v) is 21.4. The van der Waals surface area contributed by atoms with Crippen LogP contribution in [0.15, 0.2) is 29.2 Å². The lowest BCUT2D eigenvalue weighted by Gasteiger charge is -2.50. The molecule has 1 aromatic rings. The van der Waals surface area contributed by atoms with Crippen molar-refractivity contribution < 1.29 is 27.8 Å². The van der Waals surface area contributed by atoms with E-state index < -0.39 is 21.2 Å². The van der Waals surface area contributed by atoms with Crippen molar-refractivity contribution in [1.29, 1.82) is 0 Å². The topological polar surface area (TPSA) is 96.2 Å². The molecule has 1 N–H and O–H groups in total. The molecule has 0 amide bonds. The number of esters is 1. The van der Waals surface area contributed by atoms with E-state index in [4.69, 9.17) is 9.47 Å². The number of carbonyl (C=O) groups is 1. The van der Waals surface area contributed by atoms with Crippen molar-refractivity contribution in [3.8, 4) is 0 Å². The number of benzene rings is 1. The number of hydrogen-bond acceptors (Lipinski definition) is 6. The molecule has 0 radical (unpaired) electrons. The van der Waals surface area contributed by atoms with E-state index in [0.717, 1.165) is 24.8 Å². The Morgan fingerprint density at radius 1 is 1.26 bits per heavy atom. The highest BCUT2D eigenvalue weighted by Crippen LogP contribution is 2.66. The van der Waals surface area contributed by atoms with Crippen molar-refractivity contribution >= 4 is 16.0 Å². The lowest BCUT2D eigenvalue weighted by atomic mass is 9.55. The standard InChI is InChI=1S/C26H37NO6S/c1-5-32-21(28)12-13-24(3,29)19-11-15-26(20-10-14-25(4)23(33-25)22(19)20)16-27(26)34(30,31)18-8-6-17(2)7-9-18/h6-9,19-20,22-23,29H,5,10-16H2,1-4H3/t19-,20-,22+,23-,24+,25+,26-,27?/m0/s1. The smallest absolute Gasteiger partial charge is 0.305 e. The predicted molar refractivity (Wildman–Crippen MR) is 127 cm³/mol. The Balaban J connectivity index is 1.40. The molecule has 7 nitrogen and oxygen atoms in total. The first-order valence-corrected chi connectivity index (χ1v) is 14.0. The van der Waals surface area contributed by atoms with Crippen molar-refractivity contribution in [1.82, 2.24) is 4.31 Å². The molecule has 1 unspecified atom stereocenters. The molecule has 4 aliphatic rings. The van der Waals surface area contributed by atoms with Gasteiger partial charge in [-0.1, -0.05) is 17.7 Å². The molecule has 1 aromatic carbocycles. The van der Waals surface area contributed by atoms with Gasteiger partial charge >= 0.3 is 5.97 Å². The van der Waals surface area contributed by atoms with Crippen LogP contribution in [0.25, 0.3) is 0 Å². The minimum absolute atomic E-state index is 0.0343. The van der Waals surface area contributed by atoms with E-state index in [0.29, 0.717) is 30.9 Å². The summed E-state index contributed by atoms with van der Waals surface area (Å²) in [5.74, 6) is -0.126. The number of aryl methyl sites for hydroxylation is 1. The molecule has 188 valence electrons. The van der Waals surface area contributed by atoms with E-state index in [1.807, 2.05) is 26.0 Å². The van der Waals surface area contributed by atoms with Crippen LogP contribution in [0.3, 0.4) is 0 Å². The van der Waals surface area contributed by atoms with Crippen molar-refractivity contribution in [3.05, 3.63) is 29.8 Å². The second-order valence-electron chi connectivity index (χ2n) is 11.3. The molecule has 2 saturated carbocycles. The second-order valence-corrected chi connectivity index (χ2v) is 13.2. The Hall–Kier alpha value is -1.48. The Morgan fingerprint density at radius 3 is 2.65 bits per heavy atom. The van der Waals surface area contributed by atoms with Crippen LogP contribution in [0.2, 0.25) is 0 Å². The lowest BCUT2D eigenvalue weighted by Crippen LogP contribution is -2.55. The number of fused-ring (bicyclic) bond motifs is 4. The molecule has 2 saturated heterocycles. The van der Waals surface area contributed by atoms with Gasteiger partial charge in [-0.25, -0.2) is 8.42 Å². The summed E-state index contributed by atoms with van der Waals surface area (Å²) in [6, 6.07) is 7.07. The summed E-state index contributed by atoms with van der Waals surface area (Å²) in [5, 5.41) is 11.5. The van der Waals surface area contributed by atoms with Crippen molar-refractivity contribution in [2.75, 3.05) is 13.2 Å². The average molecular weight is 492 g/mol. The first-order valence-electron chi connectivity index (χ1n) is 12.6. The summed E-state index contributed by atoms with van der Waals surface area (Å²) >= 11 is 0. The fourth-order valence-corrected chi connectivity index (χ4v) is 8.90. The number of hydrogen-bond donors (Lipinski definition) is 1. The molecule has 4 fully saturated rings. The van der Waals surface area contributed by atoms with Gasteiger partial charge in [0.25, 0.3) is 0 Å². The van der Waals surface area contributed by atoms with Crippen LogP contribution in [0.5, 0.6) is 0 Å². The summed E-state index contributed by atoms with van der Waals surface area (Å²) in [6.07, 6.45) is 3.79. The number of nitrogens with zero attached hydrogens (tertiary/aromatic N) is 1. The molecule has 8 heteroatoms. The van der Waals surface area contributed by atoms with E-state index in [9.17, 15) is 18.3 Å². The number of aliphatic hydroxyl groups is 1. The third-order valence-corrected chi connectivity index (χ3v) is 11.0. The van der Waals surface area contributed by atoms with Crippen LogP contribution in [0.4, 0.5) is 0 Å². The van der Waals surface area contributed by atoms with Crippen LogP contribution in [0, 0.1) is 24.7 Å². The maximum absolute atomic E-state index is 13.5. The summed E-state index contributed by atoms with van der Waals surface area (Å²) in [6.45, 7) is 8.55. The number of epoxide rings is 1. The Bertz CT molecular complexity index is 1070. The average Bonchev–Trinajstić information content (AvgIpc) is 3.68. The number of carbonyl (C=O) groups excluding carboxylic acids is 1. The third kappa shape index (κ3) is 3.81. The Kier molecular flexibility index (Phi) is 5.71. The molecule has 0 bridgehead atoms. The minimum Gasteiger partial charge on any atom is -0.466 e. The lowest BCUT2D eigenvalue weighted by molar-refractivity contribution is -0.146. The van der Waals surface area contributed by atoms with E-state index in [-0.39, 0.29) is 41.8 Å².